The van der Waals surface area contributed by atoms with Crippen LogP contribution in [0.2, 0.25) is 0 Å². The maximum atomic E-state index is 14.2. The number of hydrogen-bond acceptors (Lipinski definition) is 6. The average molecular weight is 386 g/mol. The minimum atomic E-state index is -1.11. The van der Waals surface area contributed by atoms with E-state index < -0.39 is 5.67 Å². The number of fused-ring (bicyclic) bond motifs is 1. The van der Waals surface area contributed by atoms with Crippen molar-refractivity contribution >= 4 is 11.0 Å². The molecule has 1 N–H and O–H groups in total. The van der Waals surface area contributed by atoms with Crippen LogP contribution in [0.1, 0.15) is 80.9 Å². The second kappa shape index (κ2) is 6.22. The third-order valence-electron chi connectivity index (χ3n) is 6.31. The van der Waals surface area contributed by atoms with Crippen molar-refractivity contribution in [3.05, 3.63) is 34.1 Å². The van der Waals surface area contributed by atoms with E-state index in [0.717, 1.165) is 12.8 Å². The lowest BCUT2D eigenvalue weighted by atomic mass is 9.73. The number of halogens is 1. The second-order valence-electron chi connectivity index (χ2n) is 8.39. The van der Waals surface area contributed by atoms with Crippen LogP contribution >= 0.6 is 0 Å². The molecule has 0 unspecified atom stereocenters. The number of H-pyrrole nitrogens is 1. The normalized spacial score (nSPS) is 30.5. The van der Waals surface area contributed by atoms with Crippen molar-refractivity contribution in [2.75, 3.05) is 0 Å². The molecule has 28 heavy (non-hydrogen) atoms. The summed E-state index contributed by atoms with van der Waals surface area (Å²) in [4.78, 5) is 24.7. The third kappa shape index (κ3) is 2.84. The number of aryl methyl sites for hydroxylation is 1. The molecule has 2 aliphatic carbocycles. The minimum Gasteiger partial charge on any atom is -0.339 e. The first-order valence-corrected chi connectivity index (χ1v) is 9.88. The van der Waals surface area contributed by atoms with Crippen LogP contribution in [-0.2, 0) is 0 Å². The Morgan fingerprint density at radius 3 is 2.61 bits per heavy atom. The average Bonchev–Trinajstić information content (AvgIpc) is 3.21. The van der Waals surface area contributed by atoms with Gasteiger partial charge in [0.1, 0.15) is 16.9 Å². The first kappa shape index (κ1) is 17.5. The summed E-state index contributed by atoms with van der Waals surface area (Å²) < 4.78 is 21.3. The molecule has 3 aromatic rings. The monoisotopic (exact) mass is 386 g/mol. The van der Waals surface area contributed by atoms with Gasteiger partial charge in [0.2, 0.25) is 5.89 Å². The van der Waals surface area contributed by atoms with E-state index in [2.05, 4.69) is 20.2 Å². The van der Waals surface area contributed by atoms with Gasteiger partial charge in [-0.1, -0.05) is 5.16 Å². The number of alkyl halides is 1. The Balaban J connectivity index is 1.49. The SMILES string of the molecule is Cc1noc([C@H]2CC[C@@H]2c2nc3c(cnn3C3CCC(C)(F)CC3)c(=O)[nH]2)n1. The van der Waals surface area contributed by atoms with E-state index in [0.29, 0.717) is 54.3 Å². The van der Waals surface area contributed by atoms with Crippen LogP contribution in [0.5, 0.6) is 0 Å². The second-order valence-corrected chi connectivity index (χ2v) is 8.39. The molecule has 5 rings (SSSR count). The lowest BCUT2D eigenvalue weighted by Crippen LogP contribution is -2.29. The van der Waals surface area contributed by atoms with E-state index in [9.17, 15) is 9.18 Å². The summed E-state index contributed by atoms with van der Waals surface area (Å²) in [6.45, 7) is 3.44. The fourth-order valence-electron chi connectivity index (χ4n) is 4.43. The van der Waals surface area contributed by atoms with E-state index in [4.69, 9.17) is 9.51 Å². The number of rotatable bonds is 3. The first-order valence-electron chi connectivity index (χ1n) is 9.88. The molecular weight excluding hydrogens is 363 g/mol. The van der Waals surface area contributed by atoms with Crippen molar-refractivity contribution in [2.45, 2.75) is 75.9 Å². The number of hydrogen-bond donors (Lipinski definition) is 1. The molecule has 0 spiro atoms. The van der Waals surface area contributed by atoms with E-state index >= 15 is 0 Å². The highest BCUT2D eigenvalue weighted by Crippen LogP contribution is 2.47. The quantitative estimate of drug-likeness (QED) is 0.741. The van der Waals surface area contributed by atoms with Gasteiger partial charge in [-0.05, 0) is 52.4 Å². The van der Waals surface area contributed by atoms with Gasteiger partial charge in [0.15, 0.2) is 11.5 Å². The molecule has 0 radical (unpaired) electrons. The maximum Gasteiger partial charge on any atom is 0.262 e. The van der Waals surface area contributed by atoms with Crippen molar-refractivity contribution in [2.24, 2.45) is 0 Å². The highest BCUT2D eigenvalue weighted by molar-refractivity contribution is 5.73. The van der Waals surface area contributed by atoms with Crippen LogP contribution in [0, 0.1) is 6.92 Å². The van der Waals surface area contributed by atoms with Gasteiger partial charge in [-0.25, -0.2) is 14.1 Å². The zero-order valence-electron chi connectivity index (χ0n) is 16.0. The standard InChI is InChI=1S/C19H23FN6O2/c1-10-22-18(28-25-10)13-4-3-12(13)15-23-16-14(17(27)24-15)9-21-26(16)11-5-7-19(2,20)8-6-11/h9,11-13H,3-8H2,1-2H3,(H,23,24,27)/t11?,12-,13-,19?/m0/s1. The van der Waals surface area contributed by atoms with Crippen LogP contribution in [0.25, 0.3) is 11.0 Å². The zero-order chi connectivity index (χ0) is 19.5. The molecule has 0 saturated heterocycles. The highest BCUT2D eigenvalue weighted by Gasteiger charge is 2.39. The van der Waals surface area contributed by atoms with Crippen LogP contribution in [0.15, 0.2) is 15.5 Å². The molecule has 0 bridgehead atoms. The Morgan fingerprint density at radius 1 is 1.21 bits per heavy atom. The molecule has 3 heterocycles. The summed E-state index contributed by atoms with van der Waals surface area (Å²) in [5.74, 6) is 1.95. The van der Waals surface area contributed by atoms with Gasteiger partial charge in [-0.15, -0.1) is 0 Å². The molecule has 0 amide bonds. The fourth-order valence-corrected chi connectivity index (χ4v) is 4.43. The molecule has 148 valence electrons. The van der Waals surface area contributed by atoms with Gasteiger partial charge in [-0.2, -0.15) is 10.1 Å². The molecule has 9 heteroatoms. The predicted octanol–water partition coefficient (Wildman–Crippen LogP) is 3.32. The molecular formula is C19H23FN6O2. The smallest absolute Gasteiger partial charge is 0.262 e. The van der Waals surface area contributed by atoms with Gasteiger partial charge < -0.3 is 9.51 Å². The molecule has 8 nitrogen and oxygen atoms in total. The van der Waals surface area contributed by atoms with Crippen LogP contribution in [0.4, 0.5) is 4.39 Å². The maximum absolute atomic E-state index is 14.2. The van der Waals surface area contributed by atoms with Crippen molar-refractivity contribution in [3.8, 4) is 0 Å². The summed E-state index contributed by atoms with van der Waals surface area (Å²) in [7, 11) is 0. The predicted molar refractivity (Wildman–Crippen MR) is 98.9 cm³/mol. The molecule has 3 aromatic heterocycles. The van der Waals surface area contributed by atoms with Gasteiger partial charge in [0.25, 0.3) is 5.56 Å². The first-order chi connectivity index (χ1) is 13.4. The summed E-state index contributed by atoms with van der Waals surface area (Å²) >= 11 is 0. The summed E-state index contributed by atoms with van der Waals surface area (Å²) in [5, 5.41) is 8.77. The van der Waals surface area contributed by atoms with Crippen molar-refractivity contribution in [1.29, 1.82) is 0 Å². The van der Waals surface area contributed by atoms with E-state index in [-0.39, 0.29) is 23.4 Å². The lowest BCUT2D eigenvalue weighted by molar-refractivity contribution is 0.103. The molecule has 2 saturated carbocycles. The third-order valence-corrected chi connectivity index (χ3v) is 6.31. The van der Waals surface area contributed by atoms with E-state index in [1.54, 1.807) is 20.0 Å². The van der Waals surface area contributed by atoms with Gasteiger partial charge in [0.05, 0.1) is 12.2 Å². The molecule has 2 atom stereocenters. The Kier molecular flexibility index (Phi) is 3.89. The van der Waals surface area contributed by atoms with Gasteiger partial charge >= 0.3 is 0 Å². The van der Waals surface area contributed by atoms with Crippen LogP contribution in [-0.4, -0.2) is 35.6 Å². The van der Waals surface area contributed by atoms with E-state index in [1.807, 2.05) is 4.68 Å². The Morgan fingerprint density at radius 2 is 1.96 bits per heavy atom. The molecule has 0 aliphatic heterocycles. The van der Waals surface area contributed by atoms with Gasteiger partial charge in [-0.3, -0.25) is 4.79 Å². The van der Waals surface area contributed by atoms with Crippen molar-refractivity contribution in [1.82, 2.24) is 29.9 Å². The van der Waals surface area contributed by atoms with Crippen molar-refractivity contribution in [3.63, 3.8) is 0 Å². The zero-order valence-corrected chi connectivity index (χ0v) is 16.0. The largest absolute Gasteiger partial charge is 0.339 e. The molecule has 0 aromatic carbocycles. The number of nitrogens with zero attached hydrogens (tertiary/aromatic N) is 5. The van der Waals surface area contributed by atoms with Crippen LogP contribution < -0.4 is 5.56 Å². The summed E-state index contributed by atoms with van der Waals surface area (Å²) in [5.41, 5.74) is -0.722. The molecule has 2 aliphatic rings. The lowest BCUT2D eigenvalue weighted by Gasteiger charge is -2.33. The highest BCUT2D eigenvalue weighted by atomic mass is 19.1. The fraction of sp³-hybridized carbons (Fsp3) is 0.632. The molecule has 2 fully saturated rings. The minimum absolute atomic E-state index is 0.0424. The summed E-state index contributed by atoms with van der Waals surface area (Å²) in [6, 6.07) is 0.0688. The Hall–Kier alpha value is -2.58. The topological polar surface area (TPSA) is 102 Å². The van der Waals surface area contributed by atoms with Crippen molar-refractivity contribution < 1.29 is 8.91 Å². The number of aromatic amines is 1. The summed E-state index contributed by atoms with van der Waals surface area (Å²) in [6.07, 6.45) is 5.77. The number of aromatic nitrogens is 6. The van der Waals surface area contributed by atoms with Crippen LogP contribution in [0.3, 0.4) is 0 Å². The van der Waals surface area contributed by atoms with Gasteiger partial charge in [0, 0.05) is 11.8 Å². The van der Waals surface area contributed by atoms with E-state index in [1.165, 1.54) is 0 Å². The Bertz CT molecular complexity index is 1070. The Labute approximate surface area is 160 Å². The number of nitrogens with one attached hydrogen (secondary N) is 1.